The van der Waals surface area contributed by atoms with Crippen LogP contribution in [0.2, 0.25) is 0 Å². The summed E-state index contributed by atoms with van der Waals surface area (Å²) >= 11 is 0. The van der Waals surface area contributed by atoms with Crippen LogP contribution in [0.3, 0.4) is 0 Å². The summed E-state index contributed by atoms with van der Waals surface area (Å²) in [6.45, 7) is -0.187. The van der Waals surface area contributed by atoms with E-state index in [9.17, 15) is 18.0 Å². The quantitative estimate of drug-likeness (QED) is 0.779. The van der Waals surface area contributed by atoms with Crippen molar-refractivity contribution >= 4 is 11.6 Å². The number of anilines is 1. The monoisotopic (exact) mass is 233 g/mol. The van der Waals surface area contributed by atoms with E-state index in [2.05, 4.69) is 0 Å². The van der Waals surface area contributed by atoms with Crippen molar-refractivity contribution in [2.24, 2.45) is 0 Å². The van der Waals surface area contributed by atoms with Crippen molar-refractivity contribution in [3.63, 3.8) is 0 Å². The number of carbonyl (C=O) groups is 1. The van der Waals surface area contributed by atoms with Crippen LogP contribution in [-0.2, 0) is 4.79 Å². The van der Waals surface area contributed by atoms with Crippen molar-refractivity contribution in [3.8, 4) is 0 Å². The van der Waals surface area contributed by atoms with Crippen molar-refractivity contribution in [1.82, 2.24) is 0 Å². The summed E-state index contributed by atoms with van der Waals surface area (Å²) in [5, 5.41) is 10.5. The molecule has 1 aromatic carbocycles. The van der Waals surface area contributed by atoms with Crippen LogP contribution in [-0.4, -0.2) is 17.6 Å². The lowest BCUT2D eigenvalue weighted by atomic mass is 10.2. The van der Waals surface area contributed by atoms with Crippen LogP contribution < -0.4 is 5.32 Å². The Kier molecular flexibility index (Phi) is 4.30. The number of aliphatic hydroxyl groups excluding tert-OH is 1. The molecule has 0 heterocycles. The maximum absolute atomic E-state index is 13.1. The van der Waals surface area contributed by atoms with Crippen molar-refractivity contribution in [1.29, 1.82) is 0 Å². The van der Waals surface area contributed by atoms with Crippen LogP contribution in [0.5, 0.6) is 0 Å². The highest BCUT2D eigenvalue weighted by Crippen LogP contribution is 2.19. The second-order valence-corrected chi connectivity index (χ2v) is 3.12. The molecule has 0 radical (unpaired) electrons. The van der Waals surface area contributed by atoms with E-state index in [0.29, 0.717) is 12.1 Å². The zero-order valence-electron chi connectivity index (χ0n) is 8.27. The third-order valence-electron chi connectivity index (χ3n) is 1.83. The number of halogens is 3. The molecule has 0 aliphatic carbocycles. The largest absolute Gasteiger partial charge is 0.396 e. The minimum Gasteiger partial charge on any atom is -0.396 e. The van der Waals surface area contributed by atoms with Gasteiger partial charge in [-0.15, -0.1) is 0 Å². The van der Waals surface area contributed by atoms with Crippen molar-refractivity contribution in [3.05, 3.63) is 29.6 Å². The lowest BCUT2D eigenvalue weighted by Crippen LogP contribution is -2.13. The van der Waals surface area contributed by atoms with Gasteiger partial charge in [-0.1, -0.05) is 0 Å². The van der Waals surface area contributed by atoms with E-state index in [1.807, 2.05) is 5.32 Å². The van der Waals surface area contributed by atoms with E-state index in [4.69, 9.17) is 5.11 Å². The zero-order valence-corrected chi connectivity index (χ0v) is 8.27. The summed E-state index contributed by atoms with van der Waals surface area (Å²) in [7, 11) is 0. The Bertz CT molecular complexity index is 396. The van der Waals surface area contributed by atoms with Gasteiger partial charge in [0.1, 0.15) is 5.82 Å². The normalized spacial score (nSPS) is 10.2. The minimum absolute atomic E-state index is 0.0475. The summed E-state index contributed by atoms with van der Waals surface area (Å²) in [5.41, 5.74) is -0.541. The first kappa shape index (κ1) is 12.5. The molecule has 0 aliphatic rings. The Hall–Kier alpha value is -1.56. The van der Waals surface area contributed by atoms with Gasteiger partial charge < -0.3 is 10.4 Å². The smallest absolute Gasteiger partial charge is 0.224 e. The SMILES string of the molecule is O=C(CCCO)Nc1cc(F)cc(F)c1F. The number of hydrogen-bond donors (Lipinski definition) is 2. The molecule has 16 heavy (non-hydrogen) atoms. The molecule has 0 fully saturated rings. The van der Waals surface area contributed by atoms with Crippen LogP contribution in [0.4, 0.5) is 18.9 Å². The second kappa shape index (κ2) is 5.50. The molecule has 0 atom stereocenters. The predicted molar refractivity (Wildman–Crippen MR) is 51.3 cm³/mol. The molecule has 0 saturated heterocycles. The number of hydrogen-bond acceptors (Lipinski definition) is 2. The van der Waals surface area contributed by atoms with Crippen LogP contribution >= 0.6 is 0 Å². The first-order chi connectivity index (χ1) is 7.54. The van der Waals surface area contributed by atoms with Gasteiger partial charge in [0.05, 0.1) is 5.69 Å². The molecule has 0 saturated carbocycles. The molecule has 3 nitrogen and oxygen atoms in total. The molecular weight excluding hydrogens is 223 g/mol. The van der Waals surface area contributed by atoms with Gasteiger partial charge in [0, 0.05) is 25.2 Å². The van der Waals surface area contributed by atoms with Gasteiger partial charge in [0.2, 0.25) is 5.91 Å². The Balaban J connectivity index is 2.77. The van der Waals surface area contributed by atoms with Crippen LogP contribution in [0.1, 0.15) is 12.8 Å². The number of aliphatic hydroxyl groups is 1. The minimum atomic E-state index is -1.36. The number of benzene rings is 1. The molecule has 0 unspecified atom stereocenters. The molecule has 2 N–H and O–H groups in total. The van der Waals surface area contributed by atoms with Gasteiger partial charge in [0.25, 0.3) is 0 Å². The Morgan fingerprint density at radius 1 is 1.31 bits per heavy atom. The maximum Gasteiger partial charge on any atom is 0.224 e. The van der Waals surface area contributed by atoms with Gasteiger partial charge in [-0.2, -0.15) is 0 Å². The average molecular weight is 233 g/mol. The first-order valence-corrected chi connectivity index (χ1v) is 4.60. The van der Waals surface area contributed by atoms with Crippen molar-refractivity contribution in [2.45, 2.75) is 12.8 Å². The number of rotatable bonds is 4. The van der Waals surface area contributed by atoms with E-state index in [0.717, 1.165) is 0 Å². The molecule has 0 aliphatic heterocycles. The van der Waals surface area contributed by atoms with E-state index in [-0.39, 0.29) is 19.4 Å². The van der Waals surface area contributed by atoms with Gasteiger partial charge in [-0.05, 0) is 6.42 Å². The fraction of sp³-hybridized carbons (Fsp3) is 0.300. The fourth-order valence-electron chi connectivity index (χ4n) is 1.10. The highest BCUT2D eigenvalue weighted by Gasteiger charge is 2.13. The Labute approximate surface area is 89.9 Å². The molecule has 0 aromatic heterocycles. The molecule has 1 rings (SSSR count). The summed E-state index contributed by atoms with van der Waals surface area (Å²) in [5.74, 6) is -4.26. The van der Waals surface area contributed by atoms with E-state index >= 15 is 0 Å². The average Bonchev–Trinajstić information content (AvgIpc) is 2.22. The van der Waals surface area contributed by atoms with Crippen molar-refractivity contribution in [2.75, 3.05) is 11.9 Å². The topological polar surface area (TPSA) is 49.3 Å². The molecule has 0 bridgehead atoms. The Morgan fingerprint density at radius 3 is 2.62 bits per heavy atom. The van der Waals surface area contributed by atoms with Crippen LogP contribution in [0.25, 0.3) is 0 Å². The summed E-state index contributed by atoms with van der Waals surface area (Å²) in [6.07, 6.45) is 0.152. The van der Waals surface area contributed by atoms with Gasteiger partial charge in [0.15, 0.2) is 11.6 Å². The number of amides is 1. The lowest BCUT2D eigenvalue weighted by Gasteiger charge is -2.06. The molecular formula is C10H10F3NO2. The van der Waals surface area contributed by atoms with E-state index in [1.54, 1.807) is 0 Å². The summed E-state index contributed by atoms with van der Waals surface area (Å²) < 4.78 is 38.5. The van der Waals surface area contributed by atoms with Gasteiger partial charge >= 0.3 is 0 Å². The van der Waals surface area contributed by atoms with Gasteiger partial charge in [-0.25, -0.2) is 13.2 Å². The fourth-order valence-corrected chi connectivity index (χ4v) is 1.10. The summed E-state index contributed by atoms with van der Waals surface area (Å²) in [4.78, 5) is 11.1. The summed E-state index contributed by atoms with van der Waals surface area (Å²) in [6, 6.07) is 1.08. The second-order valence-electron chi connectivity index (χ2n) is 3.12. The molecule has 0 spiro atoms. The first-order valence-electron chi connectivity index (χ1n) is 4.60. The Morgan fingerprint density at radius 2 is 2.00 bits per heavy atom. The third-order valence-corrected chi connectivity index (χ3v) is 1.83. The molecule has 88 valence electrons. The number of carbonyl (C=O) groups excluding carboxylic acids is 1. The van der Waals surface area contributed by atoms with E-state index in [1.165, 1.54) is 0 Å². The van der Waals surface area contributed by atoms with Crippen LogP contribution in [0.15, 0.2) is 12.1 Å². The highest BCUT2D eigenvalue weighted by atomic mass is 19.2. The van der Waals surface area contributed by atoms with Gasteiger partial charge in [-0.3, -0.25) is 4.79 Å². The van der Waals surface area contributed by atoms with E-state index < -0.39 is 29.0 Å². The zero-order chi connectivity index (χ0) is 12.1. The molecule has 1 amide bonds. The van der Waals surface area contributed by atoms with Crippen LogP contribution in [0, 0.1) is 17.5 Å². The maximum atomic E-state index is 13.1. The predicted octanol–water partition coefficient (Wildman–Crippen LogP) is 1.81. The number of nitrogens with one attached hydrogen (secondary N) is 1. The standard InChI is InChI=1S/C10H10F3NO2/c11-6-4-7(12)10(13)8(5-6)14-9(16)2-1-3-15/h4-5,15H,1-3H2,(H,14,16). The lowest BCUT2D eigenvalue weighted by molar-refractivity contribution is -0.116. The van der Waals surface area contributed by atoms with Crippen molar-refractivity contribution < 1.29 is 23.1 Å². The third kappa shape index (κ3) is 3.23. The molecule has 1 aromatic rings. The highest BCUT2D eigenvalue weighted by molar-refractivity contribution is 5.90. The molecule has 6 heteroatoms.